The average molecular weight is 151 g/mol. The van der Waals surface area contributed by atoms with Gasteiger partial charge in [-0.1, -0.05) is 27.7 Å². The van der Waals surface area contributed by atoms with E-state index in [0.717, 1.165) is 6.42 Å². The van der Waals surface area contributed by atoms with Crippen LogP contribution in [-0.2, 0) is 0 Å². The Labute approximate surface area is 69.4 Å². The first-order chi connectivity index (χ1) is 4.92. The molecule has 0 aliphatic heterocycles. The number of hydrogen-bond acceptors (Lipinski definition) is 1. The molecule has 0 aromatic rings. The van der Waals surface area contributed by atoms with Gasteiger partial charge in [0.25, 0.3) is 0 Å². The van der Waals surface area contributed by atoms with Gasteiger partial charge in [0.05, 0.1) is 12.0 Å². The van der Waals surface area contributed by atoms with Crippen molar-refractivity contribution < 1.29 is 0 Å². The third-order valence-electron chi connectivity index (χ3n) is 3.83. The molecule has 1 rings (SSSR count). The van der Waals surface area contributed by atoms with Crippen LogP contribution in [0.2, 0.25) is 0 Å². The Morgan fingerprint density at radius 1 is 1.27 bits per heavy atom. The highest BCUT2D eigenvalue weighted by Crippen LogP contribution is 2.55. The van der Waals surface area contributed by atoms with Crippen LogP contribution in [0.3, 0.4) is 0 Å². The Hall–Kier alpha value is -0.510. The molecular weight excluding hydrogens is 134 g/mol. The summed E-state index contributed by atoms with van der Waals surface area (Å²) < 4.78 is 0. The summed E-state index contributed by atoms with van der Waals surface area (Å²) in [4.78, 5) is 0. The molecule has 1 aliphatic carbocycles. The van der Waals surface area contributed by atoms with Crippen molar-refractivity contribution in [3.05, 3.63) is 0 Å². The van der Waals surface area contributed by atoms with Crippen molar-refractivity contribution in [1.82, 2.24) is 0 Å². The molecule has 0 saturated heterocycles. The fraction of sp³-hybridized carbons (Fsp3) is 0.900. The molecule has 1 unspecified atom stereocenters. The van der Waals surface area contributed by atoms with Crippen LogP contribution in [0.4, 0.5) is 0 Å². The zero-order chi connectivity index (χ0) is 8.70. The van der Waals surface area contributed by atoms with Gasteiger partial charge < -0.3 is 0 Å². The predicted molar refractivity (Wildman–Crippen MR) is 45.9 cm³/mol. The zero-order valence-electron chi connectivity index (χ0n) is 7.94. The van der Waals surface area contributed by atoms with E-state index in [9.17, 15) is 0 Å². The molecule has 1 fully saturated rings. The summed E-state index contributed by atoms with van der Waals surface area (Å²) in [7, 11) is 0. The molecule has 1 saturated carbocycles. The number of rotatable bonds is 0. The molecule has 0 N–H and O–H groups in total. The standard InChI is InChI=1S/C10H17N/c1-9(2)6-5-8(7-11)10(9,3)4/h8H,5-6H2,1-4H3. The van der Waals surface area contributed by atoms with Gasteiger partial charge in [-0.25, -0.2) is 0 Å². The maximum Gasteiger partial charge on any atom is 0.0661 e. The molecule has 0 amide bonds. The maximum atomic E-state index is 8.88. The van der Waals surface area contributed by atoms with Crippen LogP contribution in [0.25, 0.3) is 0 Å². The van der Waals surface area contributed by atoms with Crippen LogP contribution in [0.5, 0.6) is 0 Å². The van der Waals surface area contributed by atoms with Crippen molar-refractivity contribution in [2.24, 2.45) is 16.7 Å². The second kappa shape index (κ2) is 2.24. The Morgan fingerprint density at radius 2 is 1.82 bits per heavy atom. The Bertz CT molecular complexity index is 195. The minimum atomic E-state index is 0.196. The van der Waals surface area contributed by atoms with Gasteiger partial charge >= 0.3 is 0 Å². The second-order valence-corrected chi connectivity index (χ2v) is 4.83. The molecule has 1 aliphatic rings. The lowest BCUT2D eigenvalue weighted by molar-refractivity contribution is 0.130. The molecule has 11 heavy (non-hydrogen) atoms. The Morgan fingerprint density at radius 3 is 2.00 bits per heavy atom. The lowest BCUT2D eigenvalue weighted by Crippen LogP contribution is -2.30. The van der Waals surface area contributed by atoms with E-state index in [1.54, 1.807) is 0 Å². The summed E-state index contributed by atoms with van der Waals surface area (Å²) in [5.41, 5.74) is 0.537. The SMILES string of the molecule is CC1(C)CCC(C#N)C1(C)C. The number of hydrogen-bond donors (Lipinski definition) is 0. The molecule has 1 atom stereocenters. The van der Waals surface area contributed by atoms with Gasteiger partial charge in [0.1, 0.15) is 0 Å². The minimum absolute atomic E-state index is 0.196. The summed E-state index contributed by atoms with van der Waals surface area (Å²) in [6.07, 6.45) is 2.27. The van der Waals surface area contributed by atoms with Crippen LogP contribution < -0.4 is 0 Å². The van der Waals surface area contributed by atoms with E-state index in [4.69, 9.17) is 5.26 Å². The van der Waals surface area contributed by atoms with E-state index in [-0.39, 0.29) is 11.3 Å². The lowest BCUT2D eigenvalue weighted by atomic mass is 9.67. The topological polar surface area (TPSA) is 23.8 Å². The van der Waals surface area contributed by atoms with Gasteiger partial charge in [0, 0.05) is 0 Å². The molecule has 0 bridgehead atoms. The van der Waals surface area contributed by atoms with Crippen LogP contribution in [0, 0.1) is 28.1 Å². The van der Waals surface area contributed by atoms with Crippen molar-refractivity contribution in [3.8, 4) is 6.07 Å². The lowest BCUT2D eigenvalue weighted by Gasteiger charge is -2.36. The zero-order valence-corrected chi connectivity index (χ0v) is 7.94. The fourth-order valence-electron chi connectivity index (χ4n) is 1.89. The van der Waals surface area contributed by atoms with E-state index in [1.165, 1.54) is 6.42 Å². The first-order valence-electron chi connectivity index (χ1n) is 4.31. The molecule has 0 heterocycles. The fourth-order valence-corrected chi connectivity index (χ4v) is 1.89. The molecule has 1 nitrogen and oxygen atoms in total. The monoisotopic (exact) mass is 151 g/mol. The Kier molecular flexibility index (Phi) is 1.75. The van der Waals surface area contributed by atoms with E-state index in [2.05, 4.69) is 33.8 Å². The van der Waals surface area contributed by atoms with E-state index in [1.807, 2.05) is 0 Å². The van der Waals surface area contributed by atoms with Gasteiger partial charge in [-0.05, 0) is 23.7 Å². The largest absolute Gasteiger partial charge is 0.198 e. The first kappa shape index (κ1) is 8.59. The third-order valence-corrected chi connectivity index (χ3v) is 3.83. The smallest absolute Gasteiger partial charge is 0.0661 e. The quantitative estimate of drug-likeness (QED) is 0.522. The summed E-state index contributed by atoms with van der Waals surface area (Å²) in [5.74, 6) is 0.262. The highest BCUT2D eigenvalue weighted by Gasteiger charge is 2.48. The van der Waals surface area contributed by atoms with Gasteiger partial charge in [-0.2, -0.15) is 5.26 Å². The molecule has 0 aromatic heterocycles. The maximum absolute atomic E-state index is 8.88. The van der Waals surface area contributed by atoms with Crippen LogP contribution >= 0.6 is 0 Å². The van der Waals surface area contributed by atoms with Gasteiger partial charge in [-0.15, -0.1) is 0 Å². The average Bonchev–Trinajstić information content (AvgIpc) is 2.05. The summed E-state index contributed by atoms with van der Waals surface area (Å²) in [6.45, 7) is 8.97. The molecule has 1 heteroatoms. The van der Waals surface area contributed by atoms with E-state index < -0.39 is 0 Å². The van der Waals surface area contributed by atoms with Crippen molar-refractivity contribution in [3.63, 3.8) is 0 Å². The highest BCUT2D eigenvalue weighted by atomic mass is 14.5. The molecule has 0 spiro atoms. The molecule has 62 valence electrons. The summed E-state index contributed by atoms with van der Waals surface area (Å²) in [6, 6.07) is 2.41. The predicted octanol–water partition coefficient (Wildman–Crippen LogP) is 2.97. The van der Waals surface area contributed by atoms with Crippen molar-refractivity contribution in [2.75, 3.05) is 0 Å². The molecular formula is C10H17N. The second-order valence-electron chi connectivity index (χ2n) is 4.83. The summed E-state index contributed by atoms with van der Waals surface area (Å²) in [5, 5.41) is 8.88. The first-order valence-corrected chi connectivity index (χ1v) is 4.31. The highest BCUT2D eigenvalue weighted by molar-refractivity contribution is 5.05. The van der Waals surface area contributed by atoms with Gasteiger partial charge in [0.2, 0.25) is 0 Å². The van der Waals surface area contributed by atoms with Gasteiger partial charge in [-0.3, -0.25) is 0 Å². The van der Waals surface area contributed by atoms with Crippen molar-refractivity contribution in [2.45, 2.75) is 40.5 Å². The number of nitrogens with zero attached hydrogens (tertiary/aromatic N) is 1. The molecule has 0 radical (unpaired) electrons. The minimum Gasteiger partial charge on any atom is -0.198 e. The Balaban J connectivity index is 2.92. The molecule has 0 aromatic carbocycles. The number of nitriles is 1. The van der Waals surface area contributed by atoms with Crippen molar-refractivity contribution >= 4 is 0 Å². The third kappa shape index (κ3) is 1.05. The van der Waals surface area contributed by atoms with E-state index in [0.29, 0.717) is 5.41 Å². The summed E-state index contributed by atoms with van der Waals surface area (Å²) >= 11 is 0. The normalized spacial score (nSPS) is 33.2. The van der Waals surface area contributed by atoms with Gasteiger partial charge in [0.15, 0.2) is 0 Å². The van der Waals surface area contributed by atoms with Crippen LogP contribution in [-0.4, -0.2) is 0 Å². The van der Waals surface area contributed by atoms with Crippen LogP contribution in [0.1, 0.15) is 40.5 Å². The van der Waals surface area contributed by atoms with Crippen LogP contribution in [0.15, 0.2) is 0 Å². The van der Waals surface area contributed by atoms with Crippen molar-refractivity contribution in [1.29, 1.82) is 5.26 Å². The van der Waals surface area contributed by atoms with E-state index >= 15 is 0 Å².